The van der Waals surface area contributed by atoms with Crippen molar-refractivity contribution < 1.29 is 18.7 Å². The van der Waals surface area contributed by atoms with E-state index in [1.54, 1.807) is 49.7 Å². The molecular weight excluding hydrogens is 286 g/mol. The maximum atomic E-state index is 12.1. The Balaban J connectivity index is 1.96. The van der Waals surface area contributed by atoms with E-state index in [4.69, 9.17) is 4.42 Å². The summed E-state index contributed by atoms with van der Waals surface area (Å²) in [5, 5.41) is 5.27. The number of benzene rings is 1. The van der Waals surface area contributed by atoms with Gasteiger partial charge in [0.15, 0.2) is 0 Å². The minimum Gasteiger partial charge on any atom is -0.467 e. The Bertz CT molecular complexity index is 640. The molecule has 0 aliphatic carbocycles. The predicted octanol–water partition coefficient (Wildman–Crippen LogP) is 3.12. The molecule has 0 aliphatic heterocycles. The summed E-state index contributed by atoms with van der Waals surface area (Å²) in [5.74, 6) is 0.693. The summed E-state index contributed by atoms with van der Waals surface area (Å²) in [5.41, 5.74) is 1.09. The van der Waals surface area contributed by atoms with Crippen molar-refractivity contribution in [2.24, 2.45) is 0 Å². The molecule has 22 heavy (non-hydrogen) atoms. The normalized spacial score (nSPS) is 9.91. The number of ether oxygens (including phenoxy) is 1. The number of carbonyl (C=O) groups excluding carboxylic acids is 2. The molecule has 2 rings (SSSR count). The van der Waals surface area contributed by atoms with E-state index in [0.717, 1.165) is 0 Å². The maximum Gasteiger partial charge on any atom is 0.411 e. The molecule has 7 heteroatoms. The minimum atomic E-state index is -0.571. The fraction of sp³-hybridized carbons (Fsp3) is 0.200. The molecule has 0 saturated carbocycles. The van der Waals surface area contributed by atoms with Crippen LogP contribution in [0, 0.1) is 0 Å². The lowest BCUT2D eigenvalue weighted by atomic mass is 10.3. The first kappa shape index (κ1) is 15.4. The Morgan fingerprint density at radius 2 is 1.91 bits per heavy atom. The Kier molecular flexibility index (Phi) is 5.02. The summed E-state index contributed by atoms with van der Waals surface area (Å²) in [4.78, 5) is 24.7. The standard InChI is InChI=1S/C15H17N3O4/c1-18(10-13-7-4-8-22-13)14(19)16-11-5-3-6-12(9-11)17-15(20)21-2/h3-9H,10H2,1-2H3,(H,16,19)(H,17,20). The lowest BCUT2D eigenvalue weighted by molar-refractivity contribution is 0.187. The molecule has 0 spiro atoms. The molecule has 0 fully saturated rings. The van der Waals surface area contributed by atoms with E-state index >= 15 is 0 Å². The monoisotopic (exact) mass is 303 g/mol. The molecule has 2 N–H and O–H groups in total. The molecule has 0 saturated heterocycles. The zero-order valence-corrected chi connectivity index (χ0v) is 12.3. The van der Waals surface area contributed by atoms with Crippen LogP contribution in [0.25, 0.3) is 0 Å². The van der Waals surface area contributed by atoms with E-state index < -0.39 is 6.09 Å². The highest BCUT2D eigenvalue weighted by Gasteiger charge is 2.11. The topological polar surface area (TPSA) is 83.8 Å². The van der Waals surface area contributed by atoms with E-state index in [1.807, 2.05) is 0 Å². The third-order valence-corrected chi connectivity index (χ3v) is 2.87. The number of methoxy groups -OCH3 is 1. The number of carbonyl (C=O) groups is 2. The zero-order chi connectivity index (χ0) is 15.9. The molecular formula is C15H17N3O4. The van der Waals surface area contributed by atoms with Gasteiger partial charge in [-0.3, -0.25) is 5.32 Å². The molecule has 1 heterocycles. The van der Waals surface area contributed by atoms with E-state index in [0.29, 0.717) is 23.7 Å². The van der Waals surface area contributed by atoms with Crippen LogP contribution < -0.4 is 10.6 Å². The van der Waals surface area contributed by atoms with Gasteiger partial charge in [-0.15, -0.1) is 0 Å². The van der Waals surface area contributed by atoms with Crippen LogP contribution in [-0.2, 0) is 11.3 Å². The van der Waals surface area contributed by atoms with Crippen LogP contribution in [0.15, 0.2) is 47.1 Å². The van der Waals surface area contributed by atoms with Crippen molar-refractivity contribution in [1.82, 2.24) is 4.90 Å². The van der Waals surface area contributed by atoms with Crippen LogP contribution in [0.1, 0.15) is 5.76 Å². The molecule has 0 unspecified atom stereocenters. The smallest absolute Gasteiger partial charge is 0.411 e. The molecule has 2 aromatic rings. The molecule has 0 radical (unpaired) electrons. The average molecular weight is 303 g/mol. The van der Waals surface area contributed by atoms with Gasteiger partial charge >= 0.3 is 12.1 Å². The quantitative estimate of drug-likeness (QED) is 0.909. The van der Waals surface area contributed by atoms with Gasteiger partial charge in [-0.05, 0) is 30.3 Å². The minimum absolute atomic E-state index is 0.286. The van der Waals surface area contributed by atoms with Crippen LogP contribution in [0.2, 0.25) is 0 Å². The summed E-state index contributed by atoms with van der Waals surface area (Å²) >= 11 is 0. The number of furan rings is 1. The summed E-state index contributed by atoms with van der Waals surface area (Å²) in [7, 11) is 2.94. The SMILES string of the molecule is COC(=O)Nc1cccc(NC(=O)N(C)Cc2ccco2)c1. The number of nitrogens with one attached hydrogen (secondary N) is 2. The second kappa shape index (κ2) is 7.16. The highest BCUT2D eigenvalue weighted by molar-refractivity contribution is 5.91. The zero-order valence-electron chi connectivity index (χ0n) is 12.3. The summed E-state index contributed by atoms with van der Waals surface area (Å²) in [6.45, 7) is 0.360. The van der Waals surface area contributed by atoms with Gasteiger partial charge in [0.25, 0.3) is 0 Å². The molecule has 0 aliphatic rings. The second-order valence-electron chi connectivity index (χ2n) is 4.56. The van der Waals surface area contributed by atoms with Crippen LogP contribution in [0.3, 0.4) is 0 Å². The van der Waals surface area contributed by atoms with Crippen LogP contribution in [0.5, 0.6) is 0 Å². The van der Waals surface area contributed by atoms with Gasteiger partial charge in [0.2, 0.25) is 0 Å². The van der Waals surface area contributed by atoms with Crippen LogP contribution in [0.4, 0.5) is 21.0 Å². The largest absolute Gasteiger partial charge is 0.467 e. The number of hydrogen-bond acceptors (Lipinski definition) is 4. The summed E-state index contributed by atoms with van der Waals surface area (Å²) in [6.07, 6.45) is 0.988. The molecule has 0 bridgehead atoms. The van der Waals surface area contributed by atoms with Crippen molar-refractivity contribution >= 4 is 23.5 Å². The number of nitrogens with zero attached hydrogens (tertiary/aromatic N) is 1. The van der Waals surface area contributed by atoms with Crippen molar-refractivity contribution in [3.8, 4) is 0 Å². The highest BCUT2D eigenvalue weighted by Crippen LogP contribution is 2.16. The first-order chi connectivity index (χ1) is 10.6. The Labute approximate surface area is 127 Å². The molecule has 3 amide bonds. The van der Waals surface area contributed by atoms with Crippen LogP contribution in [-0.4, -0.2) is 31.2 Å². The summed E-state index contributed by atoms with van der Waals surface area (Å²) < 4.78 is 9.71. The first-order valence-corrected chi connectivity index (χ1v) is 6.58. The maximum absolute atomic E-state index is 12.1. The lowest BCUT2D eigenvalue weighted by Gasteiger charge is -2.17. The number of rotatable bonds is 4. The van der Waals surface area contributed by atoms with E-state index in [9.17, 15) is 9.59 Å². The third kappa shape index (κ3) is 4.27. The number of amides is 3. The Hall–Kier alpha value is -2.96. The van der Waals surface area contributed by atoms with Gasteiger partial charge in [0.1, 0.15) is 5.76 Å². The first-order valence-electron chi connectivity index (χ1n) is 6.58. The van der Waals surface area contributed by atoms with Gasteiger partial charge in [-0.1, -0.05) is 6.07 Å². The molecule has 116 valence electrons. The van der Waals surface area contributed by atoms with E-state index in [2.05, 4.69) is 15.4 Å². The average Bonchev–Trinajstić information content (AvgIpc) is 3.00. The molecule has 1 aromatic carbocycles. The van der Waals surface area contributed by atoms with Crippen molar-refractivity contribution in [3.05, 3.63) is 48.4 Å². The van der Waals surface area contributed by atoms with E-state index in [1.165, 1.54) is 12.0 Å². The number of urea groups is 1. The van der Waals surface area contributed by atoms with Crippen molar-refractivity contribution in [3.63, 3.8) is 0 Å². The highest BCUT2D eigenvalue weighted by atomic mass is 16.5. The van der Waals surface area contributed by atoms with Crippen molar-refractivity contribution in [1.29, 1.82) is 0 Å². The predicted molar refractivity (Wildman–Crippen MR) is 81.7 cm³/mol. The third-order valence-electron chi connectivity index (χ3n) is 2.87. The molecule has 1 aromatic heterocycles. The van der Waals surface area contributed by atoms with Gasteiger partial charge in [-0.2, -0.15) is 0 Å². The van der Waals surface area contributed by atoms with Gasteiger partial charge in [0, 0.05) is 18.4 Å². The second-order valence-corrected chi connectivity index (χ2v) is 4.56. The van der Waals surface area contributed by atoms with Crippen molar-refractivity contribution in [2.45, 2.75) is 6.54 Å². The number of anilines is 2. The van der Waals surface area contributed by atoms with Crippen molar-refractivity contribution in [2.75, 3.05) is 24.8 Å². The fourth-order valence-corrected chi connectivity index (χ4v) is 1.77. The van der Waals surface area contributed by atoms with E-state index in [-0.39, 0.29) is 6.03 Å². The van der Waals surface area contributed by atoms with Crippen LogP contribution >= 0.6 is 0 Å². The molecule has 0 atom stereocenters. The Morgan fingerprint density at radius 3 is 2.55 bits per heavy atom. The number of hydrogen-bond donors (Lipinski definition) is 2. The Morgan fingerprint density at radius 1 is 1.18 bits per heavy atom. The fourth-order valence-electron chi connectivity index (χ4n) is 1.77. The summed E-state index contributed by atoms with van der Waals surface area (Å²) in [6, 6.07) is 10.0. The van der Waals surface area contributed by atoms with Gasteiger partial charge < -0.3 is 19.4 Å². The molecule has 7 nitrogen and oxygen atoms in total. The van der Waals surface area contributed by atoms with Gasteiger partial charge in [0.05, 0.1) is 19.9 Å². The van der Waals surface area contributed by atoms with Gasteiger partial charge in [-0.25, -0.2) is 9.59 Å². The lowest BCUT2D eigenvalue weighted by Crippen LogP contribution is -2.30.